The van der Waals surface area contributed by atoms with Crippen molar-refractivity contribution in [2.45, 2.75) is 0 Å². The molecule has 3 aromatic rings. The Morgan fingerprint density at radius 3 is 2.33 bits per heavy atom. The normalized spacial score (nSPS) is 16.5. The molecule has 1 saturated heterocycles. The van der Waals surface area contributed by atoms with E-state index >= 15 is 0 Å². The molecule has 0 saturated carbocycles. The number of aliphatic imine (C=N–C) groups is 1. The molecule has 132 valence electrons. The number of rotatable bonds is 4. The smallest absolute Gasteiger partial charge is 0.264 e. The van der Waals surface area contributed by atoms with Crippen molar-refractivity contribution >= 4 is 34.6 Å². The van der Waals surface area contributed by atoms with E-state index in [-0.39, 0.29) is 5.91 Å². The van der Waals surface area contributed by atoms with Crippen LogP contribution in [-0.4, -0.2) is 11.1 Å². The first-order chi connectivity index (χ1) is 13.3. The van der Waals surface area contributed by atoms with Gasteiger partial charge in [0.25, 0.3) is 5.91 Å². The second kappa shape index (κ2) is 7.93. The van der Waals surface area contributed by atoms with Crippen LogP contribution in [0.2, 0.25) is 0 Å². The maximum atomic E-state index is 12.2. The van der Waals surface area contributed by atoms with E-state index in [9.17, 15) is 4.79 Å². The summed E-state index contributed by atoms with van der Waals surface area (Å²) in [5.74, 6) is 1.34. The lowest BCUT2D eigenvalue weighted by atomic mass is 10.2. The number of nitrogens with one attached hydrogen (secondary N) is 1. The number of para-hydroxylation sites is 2. The number of amides is 1. The van der Waals surface area contributed by atoms with E-state index in [1.54, 1.807) is 0 Å². The molecular weight excluding hydrogens is 356 g/mol. The molecule has 0 aliphatic carbocycles. The van der Waals surface area contributed by atoms with Gasteiger partial charge in [0.15, 0.2) is 5.17 Å². The van der Waals surface area contributed by atoms with Gasteiger partial charge in [-0.3, -0.25) is 4.79 Å². The van der Waals surface area contributed by atoms with Crippen molar-refractivity contribution in [3.63, 3.8) is 0 Å². The Morgan fingerprint density at radius 2 is 1.56 bits per heavy atom. The molecule has 1 heterocycles. The van der Waals surface area contributed by atoms with Crippen LogP contribution in [0.1, 0.15) is 5.56 Å². The van der Waals surface area contributed by atoms with Crippen LogP contribution < -0.4 is 10.1 Å². The number of thioether (sulfide) groups is 1. The molecule has 1 aliphatic heterocycles. The van der Waals surface area contributed by atoms with E-state index in [0.717, 1.165) is 22.7 Å². The summed E-state index contributed by atoms with van der Waals surface area (Å²) in [4.78, 5) is 17.3. The second-order valence-electron chi connectivity index (χ2n) is 5.80. The van der Waals surface area contributed by atoms with Crippen LogP contribution in [0.15, 0.2) is 94.8 Å². The number of hydrogen-bond acceptors (Lipinski definition) is 4. The van der Waals surface area contributed by atoms with Crippen LogP contribution in [0.3, 0.4) is 0 Å². The third-order valence-corrected chi connectivity index (χ3v) is 4.68. The molecule has 27 heavy (non-hydrogen) atoms. The van der Waals surface area contributed by atoms with Crippen molar-refractivity contribution in [1.82, 2.24) is 5.32 Å². The Labute approximate surface area is 161 Å². The van der Waals surface area contributed by atoms with Crippen molar-refractivity contribution in [2.75, 3.05) is 0 Å². The van der Waals surface area contributed by atoms with E-state index in [4.69, 9.17) is 4.74 Å². The number of benzene rings is 3. The predicted octanol–water partition coefficient (Wildman–Crippen LogP) is 5.37. The average Bonchev–Trinajstić information content (AvgIpc) is 3.02. The molecule has 1 N–H and O–H groups in total. The van der Waals surface area contributed by atoms with Crippen LogP contribution in [0, 0.1) is 0 Å². The molecule has 0 aromatic heterocycles. The minimum Gasteiger partial charge on any atom is -0.457 e. The topological polar surface area (TPSA) is 50.7 Å². The molecule has 5 heteroatoms. The SMILES string of the molecule is O=C1NC(=Nc2ccccc2)S/C1=C\c1cccc(Oc2ccccc2)c1. The summed E-state index contributed by atoms with van der Waals surface area (Å²) in [6, 6.07) is 26.8. The summed E-state index contributed by atoms with van der Waals surface area (Å²) < 4.78 is 5.85. The highest BCUT2D eigenvalue weighted by Crippen LogP contribution is 2.29. The van der Waals surface area contributed by atoms with Crippen LogP contribution in [-0.2, 0) is 4.79 Å². The minimum absolute atomic E-state index is 0.149. The maximum absolute atomic E-state index is 12.2. The Kier molecular flexibility index (Phi) is 5.03. The van der Waals surface area contributed by atoms with E-state index in [1.807, 2.05) is 91.0 Å². The van der Waals surface area contributed by atoms with Gasteiger partial charge >= 0.3 is 0 Å². The van der Waals surface area contributed by atoms with Gasteiger partial charge in [-0.25, -0.2) is 4.99 Å². The quantitative estimate of drug-likeness (QED) is 0.626. The molecule has 0 unspecified atom stereocenters. The molecule has 4 nitrogen and oxygen atoms in total. The van der Waals surface area contributed by atoms with Gasteiger partial charge in [-0.15, -0.1) is 0 Å². The monoisotopic (exact) mass is 372 g/mol. The highest BCUT2D eigenvalue weighted by Gasteiger charge is 2.23. The first-order valence-corrected chi connectivity index (χ1v) is 9.25. The van der Waals surface area contributed by atoms with E-state index < -0.39 is 0 Å². The highest BCUT2D eigenvalue weighted by molar-refractivity contribution is 8.18. The standard InChI is InChI=1S/C22H16N2O2S/c25-21-20(27-22(24-21)23-17-9-3-1-4-10-17)15-16-8-7-13-19(14-16)26-18-11-5-2-6-12-18/h1-15H,(H,23,24,25)/b20-15-. The Hall–Kier alpha value is -3.31. The summed E-state index contributed by atoms with van der Waals surface area (Å²) in [5.41, 5.74) is 1.70. The Morgan fingerprint density at radius 1 is 0.852 bits per heavy atom. The lowest BCUT2D eigenvalue weighted by Gasteiger charge is -2.06. The van der Waals surface area contributed by atoms with Crippen molar-refractivity contribution in [3.05, 3.63) is 95.4 Å². The van der Waals surface area contributed by atoms with Gasteiger partial charge in [0.1, 0.15) is 11.5 Å². The van der Waals surface area contributed by atoms with E-state index in [1.165, 1.54) is 11.8 Å². The fourth-order valence-electron chi connectivity index (χ4n) is 2.54. The van der Waals surface area contributed by atoms with E-state index in [2.05, 4.69) is 10.3 Å². The summed E-state index contributed by atoms with van der Waals surface area (Å²) in [7, 11) is 0. The highest BCUT2D eigenvalue weighted by atomic mass is 32.2. The van der Waals surface area contributed by atoms with Crippen molar-refractivity contribution < 1.29 is 9.53 Å². The third kappa shape index (κ3) is 4.46. The van der Waals surface area contributed by atoms with Gasteiger partial charge in [0.05, 0.1) is 10.6 Å². The molecule has 4 rings (SSSR count). The van der Waals surface area contributed by atoms with Crippen molar-refractivity contribution in [2.24, 2.45) is 4.99 Å². The first kappa shape index (κ1) is 17.1. The number of amidine groups is 1. The number of hydrogen-bond donors (Lipinski definition) is 1. The molecule has 3 aromatic carbocycles. The second-order valence-corrected chi connectivity index (χ2v) is 6.84. The number of nitrogens with zero attached hydrogens (tertiary/aromatic N) is 1. The van der Waals surface area contributed by atoms with Gasteiger partial charge in [0.2, 0.25) is 0 Å². The van der Waals surface area contributed by atoms with Gasteiger partial charge < -0.3 is 10.1 Å². The van der Waals surface area contributed by atoms with Crippen molar-refractivity contribution in [1.29, 1.82) is 0 Å². The average molecular weight is 372 g/mol. The zero-order valence-electron chi connectivity index (χ0n) is 14.3. The molecule has 1 fully saturated rings. The van der Waals surface area contributed by atoms with Gasteiger partial charge in [-0.2, -0.15) is 0 Å². The molecule has 0 atom stereocenters. The number of carbonyl (C=O) groups is 1. The van der Waals surface area contributed by atoms with Crippen LogP contribution in [0.5, 0.6) is 11.5 Å². The lowest BCUT2D eigenvalue weighted by molar-refractivity contribution is -0.115. The van der Waals surface area contributed by atoms with E-state index in [0.29, 0.717) is 10.1 Å². The summed E-state index contributed by atoms with van der Waals surface area (Å²) in [6.45, 7) is 0. The van der Waals surface area contributed by atoms with Gasteiger partial charge in [-0.05, 0) is 59.8 Å². The summed E-state index contributed by atoms with van der Waals surface area (Å²) >= 11 is 1.33. The summed E-state index contributed by atoms with van der Waals surface area (Å²) in [5, 5.41) is 3.38. The minimum atomic E-state index is -0.149. The first-order valence-electron chi connectivity index (χ1n) is 8.44. The largest absolute Gasteiger partial charge is 0.457 e. The van der Waals surface area contributed by atoms with Gasteiger partial charge in [0, 0.05) is 0 Å². The van der Waals surface area contributed by atoms with Crippen LogP contribution in [0.4, 0.5) is 5.69 Å². The molecular formula is C22H16N2O2S. The maximum Gasteiger partial charge on any atom is 0.264 e. The molecule has 1 amide bonds. The summed E-state index contributed by atoms with van der Waals surface area (Å²) in [6.07, 6.45) is 1.84. The lowest BCUT2D eigenvalue weighted by Crippen LogP contribution is -2.19. The van der Waals surface area contributed by atoms with Crippen LogP contribution >= 0.6 is 11.8 Å². The third-order valence-electron chi connectivity index (χ3n) is 3.77. The molecule has 0 radical (unpaired) electrons. The molecule has 1 aliphatic rings. The fourth-order valence-corrected chi connectivity index (χ4v) is 3.39. The Bertz CT molecular complexity index is 1010. The zero-order chi connectivity index (χ0) is 18.5. The van der Waals surface area contributed by atoms with Crippen LogP contribution in [0.25, 0.3) is 6.08 Å². The van der Waals surface area contributed by atoms with Gasteiger partial charge in [-0.1, -0.05) is 48.5 Å². The van der Waals surface area contributed by atoms with Crippen molar-refractivity contribution in [3.8, 4) is 11.5 Å². The Balaban J connectivity index is 1.52. The molecule has 0 bridgehead atoms. The fraction of sp³-hybridized carbons (Fsp3) is 0. The molecule has 0 spiro atoms. The number of ether oxygens (including phenoxy) is 1. The zero-order valence-corrected chi connectivity index (χ0v) is 15.1. The predicted molar refractivity (Wildman–Crippen MR) is 110 cm³/mol. The number of carbonyl (C=O) groups excluding carboxylic acids is 1.